The zero-order valence-electron chi connectivity index (χ0n) is 17.8. The van der Waals surface area contributed by atoms with E-state index in [0.29, 0.717) is 23.0 Å². The fraction of sp³-hybridized carbons (Fsp3) is 0.200. The molecule has 0 saturated carbocycles. The molecule has 0 spiro atoms. The van der Waals surface area contributed by atoms with Crippen molar-refractivity contribution in [3.8, 4) is 11.5 Å². The topological polar surface area (TPSA) is 64.6 Å². The van der Waals surface area contributed by atoms with Gasteiger partial charge >= 0.3 is 0 Å². The second-order valence-electron chi connectivity index (χ2n) is 6.95. The first-order chi connectivity index (χ1) is 14.9. The summed E-state index contributed by atoms with van der Waals surface area (Å²) in [6.45, 7) is 6.14. The van der Waals surface area contributed by atoms with Gasteiger partial charge in [0, 0.05) is 10.6 Å². The maximum absolute atomic E-state index is 12.3. The monoisotopic (exact) mass is 435 g/mol. The van der Waals surface area contributed by atoms with Crippen molar-refractivity contribution in [1.29, 1.82) is 0 Å². The standard InChI is InChI=1S/C25H25NO4S/c1-4-29-23-15-19(8-12-21(27)24-14-7-18(3)31-24)9-13-22(23)30-16-25(28)26-20-10-5-17(2)6-11-20/h5-15H,4,16H2,1-3H3,(H,26,28)/b12-8+. The third-order valence-corrected chi connectivity index (χ3v) is 5.39. The third kappa shape index (κ3) is 6.55. The van der Waals surface area contributed by atoms with Crippen molar-refractivity contribution >= 4 is 34.8 Å². The average molecular weight is 436 g/mol. The van der Waals surface area contributed by atoms with Crippen LogP contribution >= 0.6 is 11.3 Å². The Morgan fingerprint density at radius 2 is 1.74 bits per heavy atom. The number of nitrogens with one attached hydrogen (secondary N) is 1. The molecule has 1 aromatic heterocycles. The Bertz CT molecular complexity index is 1080. The van der Waals surface area contributed by atoms with Gasteiger partial charge in [-0.1, -0.05) is 29.8 Å². The van der Waals surface area contributed by atoms with Crippen LogP contribution in [-0.2, 0) is 4.79 Å². The molecule has 31 heavy (non-hydrogen) atoms. The number of anilines is 1. The fourth-order valence-corrected chi connectivity index (χ4v) is 3.60. The predicted molar refractivity (Wildman–Crippen MR) is 125 cm³/mol. The zero-order chi connectivity index (χ0) is 22.2. The zero-order valence-corrected chi connectivity index (χ0v) is 18.6. The van der Waals surface area contributed by atoms with E-state index in [1.54, 1.807) is 24.3 Å². The highest BCUT2D eigenvalue weighted by Crippen LogP contribution is 2.29. The summed E-state index contributed by atoms with van der Waals surface area (Å²) in [4.78, 5) is 26.3. The summed E-state index contributed by atoms with van der Waals surface area (Å²) in [6.07, 6.45) is 3.29. The molecule has 0 radical (unpaired) electrons. The van der Waals surface area contributed by atoms with Gasteiger partial charge in [0.2, 0.25) is 0 Å². The Kier molecular flexibility index (Phi) is 7.62. The van der Waals surface area contributed by atoms with Crippen molar-refractivity contribution in [2.75, 3.05) is 18.5 Å². The summed E-state index contributed by atoms with van der Waals surface area (Å²) >= 11 is 1.47. The number of hydrogen-bond acceptors (Lipinski definition) is 5. The molecule has 0 unspecified atom stereocenters. The van der Waals surface area contributed by atoms with Crippen molar-refractivity contribution in [3.05, 3.63) is 81.6 Å². The molecule has 0 saturated heterocycles. The molecule has 3 aromatic rings. The van der Waals surface area contributed by atoms with Crippen LogP contribution < -0.4 is 14.8 Å². The van der Waals surface area contributed by atoms with Crippen LogP contribution in [0, 0.1) is 13.8 Å². The quantitative estimate of drug-likeness (QED) is 0.347. The van der Waals surface area contributed by atoms with Gasteiger partial charge in [-0.2, -0.15) is 0 Å². The number of ether oxygens (including phenoxy) is 2. The molecule has 0 aliphatic heterocycles. The summed E-state index contributed by atoms with van der Waals surface area (Å²) in [5.41, 5.74) is 2.65. The molecular formula is C25H25NO4S. The molecule has 0 fully saturated rings. The largest absolute Gasteiger partial charge is 0.490 e. The lowest BCUT2D eigenvalue weighted by Gasteiger charge is -2.13. The molecule has 1 N–H and O–H groups in total. The Morgan fingerprint density at radius 3 is 2.42 bits per heavy atom. The molecule has 0 bridgehead atoms. The lowest BCUT2D eigenvalue weighted by molar-refractivity contribution is -0.118. The van der Waals surface area contributed by atoms with Gasteiger partial charge in [0.15, 0.2) is 23.9 Å². The first kappa shape index (κ1) is 22.3. The van der Waals surface area contributed by atoms with Crippen molar-refractivity contribution < 1.29 is 19.1 Å². The van der Waals surface area contributed by atoms with Crippen LogP contribution in [0.25, 0.3) is 6.08 Å². The fourth-order valence-electron chi connectivity index (χ4n) is 2.81. The molecule has 6 heteroatoms. The molecule has 3 rings (SSSR count). The average Bonchev–Trinajstić information content (AvgIpc) is 3.19. The number of aryl methyl sites for hydroxylation is 2. The summed E-state index contributed by atoms with van der Waals surface area (Å²) < 4.78 is 11.3. The highest BCUT2D eigenvalue weighted by atomic mass is 32.1. The van der Waals surface area contributed by atoms with Crippen molar-refractivity contribution in [2.24, 2.45) is 0 Å². The van der Waals surface area contributed by atoms with Gasteiger partial charge < -0.3 is 14.8 Å². The second kappa shape index (κ2) is 10.6. The van der Waals surface area contributed by atoms with E-state index in [4.69, 9.17) is 9.47 Å². The summed E-state index contributed by atoms with van der Waals surface area (Å²) in [5, 5.41) is 2.80. The maximum Gasteiger partial charge on any atom is 0.262 e. The van der Waals surface area contributed by atoms with Gasteiger partial charge in [0.05, 0.1) is 11.5 Å². The summed E-state index contributed by atoms with van der Waals surface area (Å²) in [7, 11) is 0. The molecule has 5 nitrogen and oxygen atoms in total. The summed E-state index contributed by atoms with van der Waals surface area (Å²) in [5.74, 6) is 0.696. The molecule has 0 aliphatic carbocycles. The number of carbonyl (C=O) groups is 2. The Labute approximate surface area is 186 Å². The molecule has 2 aromatic carbocycles. The van der Waals surface area contributed by atoms with Crippen LogP contribution in [0.3, 0.4) is 0 Å². The van der Waals surface area contributed by atoms with Crippen LogP contribution in [0.15, 0.2) is 60.7 Å². The number of carbonyl (C=O) groups excluding carboxylic acids is 2. The second-order valence-corrected chi connectivity index (χ2v) is 8.24. The number of allylic oxidation sites excluding steroid dienone is 1. The van der Waals surface area contributed by atoms with Gasteiger partial charge in [-0.3, -0.25) is 9.59 Å². The van der Waals surface area contributed by atoms with E-state index in [-0.39, 0.29) is 18.3 Å². The van der Waals surface area contributed by atoms with Crippen LogP contribution in [-0.4, -0.2) is 24.9 Å². The van der Waals surface area contributed by atoms with Crippen LogP contribution in [0.4, 0.5) is 5.69 Å². The molecule has 1 amide bonds. The lowest BCUT2D eigenvalue weighted by Crippen LogP contribution is -2.20. The van der Waals surface area contributed by atoms with Crippen molar-refractivity contribution in [2.45, 2.75) is 20.8 Å². The molecule has 0 atom stereocenters. The minimum Gasteiger partial charge on any atom is -0.490 e. The molecular weight excluding hydrogens is 410 g/mol. The number of thiophene rings is 1. The lowest BCUT2D eigenvalue weighted by atomic mass is 10.1. The highest BCUT2D eigenvalue weighted by Gasteiger charge is 2.10. The number of benzene rings is 2. The van der Waals surface area contributed by atoms with E-state index < -0.39 is 0 Å². The minimum atomic E-state index is -0.257. The van der Waals surface area contributed by atoms with E-state index in [1.807, 2.05) is 63.2 Å². The molecule has 160 valence electrons. The van der Waals surface area contributed by atoms with E-state index in [2.05, 4.69) is 5.32 Å². The van der Waals surface area contributed by atoms with Crippen LogP contribution in [0.2, 0.25) is 0 Å². The summed E-state index contributed by atoms with van der Waals surface area (Å²) in [6, 6.07) is 16.7. The van der Waals surface area contributed by atoms with Gasteiger partial charge in [-0.05, 0) is 68.8 Å². The highest BCUT2D eigenvalue weighted by molar-refractivity contribution is 7.14. The smallest absolute Gasteiger partial charge is 0.262 e. The van der Waals surface area contributed by atoms with E-state index in [1.165, 1.54) is 11.3 Å². The predicted octanol–water partition coefficient (Wildman–Crippen LogP) is 5.68. The Balaban J connectivity index is 1.64. The van der Waals surface area contributed by atoms with Gasteiger partial charge in [-0.15, -0.1) is 11.3 Å². The maximum atomic E-state index is 12.3. The number of ketones is 1. The minimum absolute atomic E-state index is 0.0378. The number of rotatable bonds is 9. The number of hydrogen-bond donors (Lipinski definition) is 1. The normalized spacial score (nSPS) is 10.8. The molecule has 1 heterocycles. The van der Waals surface area contributed by atoms with Gasteiger partial charge in [-0.25, -0.2) is 0 Å². The van der Waals surface area contributed by atoms with Crippen LogP contribution in [0.5, 0.6) is 11.5 Å². The van der Waals surface area contributed by atoms with E-state index in [9.17, 15) is 9.59 Å². The third-order valence-electron chi connectivity index (χ3n) is 4.37. The first-order valence-corrected chi connectivity index (χ1v) is 10.8. The van der Waals surface area contributed by atoms with Crippen molar-refractivity contribution in [1.82, 2.24) is 0 Å². The van der Waals surface area contributed by atoms with E-state index >= 15 is 0 Å². The van der Waals surface area contributed by atoms with Gasteiger partial charge in [0.25, 0.3) is 5.91 Å². The Hall–Kier alpha value is -3.38. The number of amides is 1. The first-order valence-electron chi connectivity index (χ1n) is 9.99. The van der Waals surface area contributed by atoms with E-state index in [0.717, 1.165) is 21.7 Å². The SMILES string of the molecule is CCOc1cc(/C=C/C(=O)c2ccc(C)s2)ccc1OCC(=O)Nc1ccc(C)cc1. The molecule has 0 aliphatic rings. The Morgan fingerprint density at radius 1 is 0.968 bits per heavy atom. The van der Waals surface area contributed by atoms with Crippen LogP contribution in [0.1, 0.15) is 32.6 Å². The van der Waals surface area contributed by atoms with Gasteiger partial charge in [0.1, 0.15) is 0 Å². The van der Waals surface area contributed by atoms with Crippen molar-refractivity contribution in [3.63, 3.8) is 0 Å².